The number of nitrogens with zero attached hydrogens (tertiary/aromatic N) is 3. The van der Waals surface area contributed by atoms with Crippen molar-refractivity contribution in [3.63, 3.8) is 0 Å². The van der Waals surface area contributed by atoms with Crippen LogP contribution in [0.3, 0.4) is 0 Å². The van der Waals surface area contributed by atoms with Crippen molar-refractivity contribution < 1.29 is 17.9 Å². The van der Waals surface area contributed by atoms with Crippen LogP contribution in [0.15, 0.2) is 4.99 Å². The van der Waals surface area contributed by atoms with Gasteiger partial charge in [-0.2, -0.15) is 23.1 Å². The van der Waals surface area contributed by atoms with Gasteiger partial charge in [-0.1, -0.05) is 0 Å². The second-order valence-corrected chi connectivity index (χ2v) is 3.43. The van der Waals surface area contributed by atoms with Crippen molar-refractivity contribution >= 4 is 17.3 Å². The average Bonchev–Trinajstić information content (AvgIpc) is 2.27. The molecule has 18 heavy (non-hydrogen) atoms. The lowest BCUT2D eigenvalue weighted by Crippen LogP contribution is -2.31. The number of aliphatic imine (C=N–C) groups is 1. The molecule has 1 aliphatic heterocycles. The van der Waals surface area contributed by atoms with Gasteiger partial charge in [0.1, 0.15) is 11.5 Å². The van der Waals surface area contributed by atoms with E-state index in [1.165, 1.54) is 6.92 Å². The van der Waals surface area contributed by atoms with Gasteiger partial charge >= 0.3 is 12.2 Å². The molecule has 9 heteroatoms. The maximum Gasteiger partial charge on any atom is 0.435 e. The van der Waals surface area contributed by atoms with E-state index < -0.39 is 11.9 Å². The van der Waals surface area contributed by atoms with Crippen LogP contribution in [0.4, 0.5) is 24.7 Å². The van der Waals surface area contributed by atoms with Crippen LogP contribution in [0, 0.1) is 0 Å². The van der Waals surface area contributed by atoms with Crippen molar-refractivity contribution in [1.29, 1.82) is 0 Å². The fourth-order valence-electron chi connectivity index (χ4n) is 1.36. The van der Waals surface area contributed by atoms with Gasteiger partial charge in [0, 0.05) is 0 Å². The Labute approximate surface area is 100 Å². The predicted molar refractivity (Wildman–Crippen MR) is 57.7 cm³/mol. The van der Waals surface area contributed by atoms with Gasteiger partial charge < -0.3 is 4.74 Å². The molecule has 2 N–H and O–H groups in total. The van der Waals surface area contributed by atoms with E-state index in [1.807, 2.05) is 0 Å². The van der Waals surface area contributed by atoms with Crippen molar-refractivity contribution in [2.45, 2.75) is 20.0 Å². The first-order valence-electron chi connectivity index (χ1n) is 5.11. The molecule has 0 bridgehead atoms. The van der Waals surface area contributed by atoms with E-state index >= 15 is 0 Å². The van der Waals surface area contributed by atoms with Gasteiger partial charge in [0.15, 0.2) is 11.5 Å². The summed E-state index contributed by atoms with van der Waals surface area (Å²) in [5.74, 6) is 0.229. The summed E-state index contributed by atoms with van der Waals surface area (Å²) in [6.07, 6.45) is -4.62. The van der Waals surface area contributed by atoms with Crippen LogP contribution in [0.1, 0.15) is 19.5 Å². The zero-order valence-corrected chi connectivity index (χ0v) is 9.59. The first kappa shape index (κ1) is 12.4. The van der Waals surface area contributed by atoms with Crippen molar-refractivity contribution in [2.24, 2.45) is 4.99 Å². The number of halogens is 3. The van der Waals surface area contributed by atoms with Crippen molar-refractivity contribution in [2.75, 3.05) is 12.0 Å². The van der Waals surface area contributed by atoms with E-state index in [1.54, 1.807) is 6.92 Å². The van der Waals surface area contributed by atoms with Gasteiger partial charge in [-0.3, -0.25) is 10.9 Å². The minimum atomic E-state index is -4.62. The van der Waals surface area contributed by atoms with Crippen molar-refractivity contribution in [1.82, 2.24) is 15.4 Å². The van der Waals surface area contributed by atoms with Gasteiger partial charge in [0.2, 0.25) is 0 Å². The second-order valence-electron chi connectivity index (χ2n) is 3.43. The maximum atomic E-state index is 12.9. The number of nitrogens with one attached hydrogen (secondary N) is 2. The lowest BCUT2D eigenvalue weighted by atomic mass is 10.3. The highest BCUT2D eigenvalue weighted by molar-refractivity contribution is 5.89. The van der Waals surface area contributed by atoms with E-state index in [0.717, 1.165) is 0 Å². The average molecular weight is 261 g/mol. The first-order valence-corrected chi connectivity index (χ1v) is 5.11. The van der Waals surface area contributed by atoms with Crippen LogP contribution in [0.5, 0.6) is 6.01 Å². The normalized spacial score (nSPS) is 14.2. The molecule has 98 valence electrons. The molecular weight excluding hydrogens is 251 g/mol. The number of ether oxygens (including phenoxy) is 1. The highest BCUT2D eigenvalue weighted by atomic mass is 19.4. The van der Waals surface area contributed by atoms with Crippen LogP contribution in [0.25, 0.3) is 0 Å². The minimum Gasteiger partial charge on any atom is -0.464 e. The maximum absolute atomic E-state index is 12.9. The number of alkyl halides is 3. The fourth-order valence-corrected chi connectivity index (χ4v) is 1.36. The number of hydrazine groups is 1. The zero-order valence-electron chi connectivity index (χ0n) is 9.59. The Bertz CT molecular complexity index is 500. The van der Waals surface area contributed by atoms with E-state index in [-0.39, 0.29) is 24.1 Å². The summed E-state index contributed by atoms with van der Waals surface area (Å²) in [7, 11) is 0. The third kappa shape index (κ3) is 2.29. The molecule has 0 unspecified atom stereocenters. The molecule has 2 heterocycles. The van der Waals surface area contributed by atoms with Crippen LogP contribution >= 0.6 is 0 Å². The van der Waals surface area contributed by atoms with E-state index in [0.29, 0.717) is 5.84 Å². The lowest BCUT2D eigenvalue weighted by Gasteiger charge is -2.19. The molecule has 0 saturated heterocycles. The van der Waals surface area contributed by atoms with Crippen molar-refractivity contribution in [3.05, 3.63) is 5.69 Å². The molecule has 0 fully saturated rings. The molecule has 6 nitrogen and oxygen atoms in total. The third-order valence-electron chi connectivity index (χ3n) is 2.05. The van der Waals surface area contributed by atoms with Crippen LogP contribution < -0.4 is 15.6 Å². The highest BCUT2D eigenvalue weighted by Crippen LogP contribution is 2.40. The molecule has 0 radical (unpaired) electrons. The SMILES string of the molecule is CCOc1nc2c(c(C(F)(F)F)n1)N=C(C)NN2. The summed E-state index contributed by atoms with van der Waals surface area (Å²) >= 11 is 0. The highest BCUT2D eigenvalue weighted by Gasteiger charge is 2.39. The molecule has 1 aromatic heterocycles. The Morgan fingerprint density at radius 3 is 2.56 bits per heavy atom. The smallest absolute Gasteiger partial charge is 0.435 e. The van der Waals surface area contributed by atoms with Crippen molar-refractivity contribution in [3.8, 4) is 6.01 Å². The summed E-state index contributed by atoms with van der Waals surface area (Å²) in [5.41, 5.74) is 3.62. The molecule has 0 atom stereocenters. The number of anilines is 1. The summed E-state index contributed by atoms with van der Waals surface area (Å²) in [4.78, 5) is 10.9. The number of aromatic nitrogens is 2. The molecule has 2 rings (SSSR count). The Morgan fingerprint density at radius 1 is 1.22 bits per heavy atom. The second kappa shape index (κ2) is 4.31. The topological polar surface area (TPSA) is 71.4 Å². The Morgan fingerprint density at radius 2 is 1.94 bits per heavy atom. The fraction of sp³-hybridized carbons (Fsp3) is 0.444. The van der Waals surface area contributed by atoms with Gasteiger partial charge in [0.25, 0.3) is 0 Å². The van der Waals surface area contributed by atoms with Crippen LogP contribution in [-0.4, -0.2) is 22.4 Å². The Hall–Kier alpha value is -2.06. The van der Waals surface area contributed by atoms with E-state index in [9.17, 15) is 13.2 Å². The van der Waals surface area contributed by atoms with Crippen LogP contribution in [0.2, 0.25) is 0 Å². The van der Waals surface area contributed by atoms with E-state index in [2.05, 4.69) is 25.8 Å². The molecule has 0 amide bonds. The van der Waals surface area contributed by atoms with Gasteiger partial charge in [-0.05, 0) is 13.8 Å². The molecule has 1 aromatic rings. The zero-order chi connectivity index (χ0) is 13.3. The number of hydrogen-bond donors (Lipinski definition) is 2. The standard InChI is InChI=1S/C9H10F3N5O/c1-3-18-8-14-6(9(10,11)12)5-7(15-8)17-16-4(2)13-5/h3H2,1-2H3,(H,13,16)(H,14,15,17). The lowest BCUT2D eigenvalue weighted by molar-refractivity contribution is -0.140. The molecule has 0 spiro atoms. The summed E-state index contributed by atoms with van der Waals surface area (Å²) in [5, 5.41) is 0. The van der Waals surface area contributed by atoms with E-state index in [4.69, 9.17) is 4.74 Å². The minimum absolute atomic E-state index is 0.0635. The molecule has 0 aliphatic carbocycles. The molecule has 0 saturated carbocycles. The quantitative estimate of drug-likeness (QED) is 0.850. The number of amidine groups is 1. The Balaban J connectivity index is 2.59. The Kier molecular flexibility index (Phi) is 2.97. The molecule has 1 aliphatic rings. The summed E-state index contributed by atoms with van der Waals surface area (Å²) in [6.45, 7) is 3.32. The van der Waals surface area contributed by atoms with Gasteiger partial charge in [-0.15, -0.1) is 0 Å². The predicted octanol–water partition coefficient (Wildman–Crippen LogP) is 1.87. The summed E-state index contributed by atoms with van der Waals surface area (Å²) < 4.78 is 43.5. The van der Waals surface area contributed by atoms with Gasteiger partial charge in [0.05, 0.1) is 6.61 Å². The largest absolute Gasteiger partial charge is 0.464 e. The van der Waals surface area contributed by atoms with Gasteiger partial charge in [-0.25, -0.2) is 4.99 Å². The monoisotopic (exact) mass is 261 g/mol. The molecular formula is C9H10F3N5O. The summed E-state index contributed by atoms with van der Waals surface area (Å²) in [6, 6.07) is -0.340. The number of rotatable bonds is 2. The number of fused-ring (bicyclic) bond motifs is 1. The molecule has 0 aromatic carbocycles. The first-order chi connectivity index (χ1) is 8.41. The number of hydrogen-bond acceptors (Lipinski definition) is 6. The van der Waals surface area contributed by atoms with Crippen LogP contribution in [-0.2, 0) is 6.18 Å². The third-order valence-corrected chi connectivity index (χ3v) is 2.05.